The van der Waals surface area contributed by atoms with E-state index in [0.717, 1.165) is 23.4 Å². The van der Waals surface area contributed by atoms with Crippen molar-refractivity contribution in [3.63, 3.8) is 0 Å². The average Bonchev–Trinajstić information content (AvgIpc) is 3.45. The lowest BCUT2D eigenvalue weighted by Gasteiger charge is -2.13. The molecule has 5 nitrogen and oxygen atoms in total. The van der Waals surface area contributed by atoms with Crippen molar-refractivity contribution in [1.29, 1.82) is 0 Å². The van der Waals surface area contributed by atoms with Gasteiger partial charge in [0.1, 0.15) is 0 Å². The van der Waals surface area contributed by atoms with Crippen molar-refractivity contribution in [3.8, 4) is 11.5 Å². The molecule has 0 atom stereocenters. The number of hydrogen-bond acceptors (Lipinski definition) is 4. The zero-order valence-corrected chi connectivity index (χ0v) is 14.7. The number of carbonyl (C=O) groups is 1. The van der Waals surface area contributed by atoms with Gasteiger partial charge in [0.05, 0.1) is 7.11 Å². The van der Waals surface area contributed by atoms with Crippen molar-refractivity contribution in [3.05, 3.63) is 53.6 Å². The topological polar surface area (TPSA) is 59.6 Å². The minimum absolute atomic E-state index is 0.0656. The Bertz CT molecular complexity index is 724. The highest BCUT2D eigenvalue weighted by molar-refractivity contribution is 5.91. The molecule has 1 fully saturated rings. The summed E-state index contributed by atoms with van der Waals surface area (Å²) in [5.41, 5.74) is 3.04. The molecule has 2 aromatic carbocycles. The summed E-state index contributed by atoms with van der Waals surface area (Å²) in [5, 5.41) is 6.28. The third kappa shape index (κ3) is 5.22. The molecule has 0 saturated heterocycles. The van der Waals surface area contributed by atoms with Crippen LogP contribution < -0.4 is 20.1 Å². The molecule has 0 aromatic heterocycles. The highest BCUT2D eigenvalue weighted by Gasteiger charge is 2.20. The standard InChI is InChI=1S/C20H24N2O3/c1-14-3-6-17(7-4-14)22-20(23)13-25-18-10-5-15(11-19(18)24-2)12-21-16-8-9-16/h3-7,10-11,16,21H,8-9,12-13H2,1-2H3,(H,22,23). The van der Waals surface area contributed by atoms with E-state index in [2.05, 4.69) is 10.6 Å². The molecule has 3 rings (SSSR count). The number of benzene rings is 2. The maximum atomic E-state index is 12.0. The molecule has 2 N–H and O–H groups in total. The van der Waals surface area contributed by atoms with E-state index in [4.69, 9.17) is 9.47 Å². The Kier molecular flexibility index (Phi) is 5.56. The summed E-state index contributed by atoms with van der Waals surface area (Å²) < 4.78 is 11.0. The molecule has 0 aliphatic heterocycles. The zero-order chi connectivity index (χ0) is 17.6. The van der Waals surface area contributed by atoms with Crippen molar-refractivity contribution in [2.75, 3.05) is 19.0 Å². The first-order valence-electron chi connectivity index (χ1n) is 8.53. The van der Waals surface area contributed by atoms with Crippen LogP contribution in [-0.4, -0.2) is 25.7 Å². The number of nitrogens with one attached hydrogen (secondary N) is 2. The van der Waals surface area contributed by atoms with Crippen molar-refractivity contribution in [2.24, 2.45) is 0 Å². The third-order valence-corrected chi connectivity index (χ3v) is 4.09. The monoisotopic (exact) mass is 340 g/mol. The van der Waals surface area contributed by atoms with E-state index in [1.807, 2.05) is 49.4 Å². The number of carbonyl (C=O) groups excluding carboxylic acids is 1. The van der Waals surface area contributed by atoms with E-state index in [0.29, 0.717) is 17.5 Å². The lowest BCUT2D eigenvalue weighted by atomic mass is 10.2. The highest BCUT2D eigenvalue weighted by atomic mass is 16.5. The van der Waals surface area contributed by atoms with Crippen LogP contribution in [0.3, 0.4) is 0 Å². The van der Waals surface area contributed by atoms with Crippen molar-refractivity contribution in [2.45, 2.75) is 32.4 Å². The Morgan fingerprint density at radius 3 is 2.56 bits per heavy atom. The molecular formula is C20H24N2O3. The molecular weight excluding hydrogens is 316 g/mol. The van der Waals surface area contributed by atoms with Gasteiger partial charge in [-0.3, -0.25) is 4.79 Å². The lowest BCUT2D eigenvalue weighted by Crippen LogP contribution is -2.20. The predicted molar refractivity (Wildman–Crippen MR) is 98.2 cm³/mol. The first-order chi connectivity index (χ1) is 12.1. The van der Waals surface area contributed by atoms with E-state index in [1.54, 1.807) is 7.11 Å². The van der Waals surface area contributed by atoms with Gasteiger partial charge in [0, 0.05) is 18.3 Å². The molecule has 0 unspecified atom stereocenters. The normalized spacial score (nSPS) is 13.4. The van der Waals surface area contributed by atoms with Crippen molar-refractivity contribution in [1.82, 2.24) is 5.32 Å². The number of hydrogen-bond donors (Lipinski definition) is 2. The van der Waals surface area contributed by atoms with Crippen LogP contribution in [0, 0.1) is 6.92 Å². The van der Waals surface area contributed by atoms with Gasteiger partial charge >= 0.3 is 0 Å². The SMILES string of the molecule is COc1cc(CNC2CC2)ccc1OCC(=O)Nc1ccc(C)cc1. The van der Waals surface area contributed by atoms with Crippen LogP contribution in [0.25, 0.3) is 0 Å². The molecule has 1 saturated carbocycles. The Labute approximate surface area is 148 Å². The fourth-order valence-corrected chi connectivity index (χ4v) is 2.47. The molecule has 25 heavy (non-hydrogen) atoms. The minimum Gasteiger partial charge on any atom is -0.493 e. The van der Waals surface area contributed by atoms with Gasteiger partial charge in [0.15, 0.2) is 18.1 Å². The molecule has 0 radical (unpaired) electrons. The maximum Gasteiger partial charge on any atom is 0.262 e. The van der Waals surface area contributed by atoms with Crippen molar-refractivity contribution < 1.29 is 14.3 Å². The van der Waals surface area contributed by atoms with E-state index < -0.39 is 0 Å². The summed E-state index contributed by atoms with van der Waals surface area (Å²) in [7, 11) is 1.60. The first kappa shape index (κ1) is 17.3. The Morgan fingerprint density at radius 2 is 1.88 bits per heavy atom. The van der Waals surface area contributed by atoms with E-state index in [1.165, 1.54) is 12.8 Å². The van der Waals surface area contributed by atoms with Crippen LogP contribution in [0.2, 0.25) is 0 Å². The second-order valence-corrected chi connectivity index (χ2v) is 6.34. The van der Waals surface area contributed by atoms with E-state index >= 15 is 0 Å². The van der Waals surface area contributed by atoms with Crippen LogP contribution >= 0.6 is 0 Å². The van der Waals surface area contributed by atoms with E-state index in [-0.39, 0.29) is 12.5 Å². The van der Waals surface area contributed by atoms with Crippen LogP contribution in [0.15, 0.2) is 42.5 Å². The predicted octanol–water partition coefficient (Wildman–Crippen LogP) is 3.27. The van der Waals surface area contributed by atoms with Gasteiger partial charge in [0.25, 0.3) is 5.91 Å². The molecule has 2 aromatic rings. The summed E-state index contributed by atoms with van der Waals surface area (Å²) in [6.07, 6.45) is 2.52. The third-order valence-electron chi connectivity index (χ3n) is 4.09. The lowest BCUT2D eigenvalue weighted by molar-refractivity contribution is -0.118. The molecule has 0 spiro atoms. The second-order valence-electron chi connectivity index (χ2n) is 6.34. The Balaban J connectivity index is 1.53. The summed E-state index contributed by atoms with van der Waals surface area (Å²) in [6, 6.07) is 14.1. The molecule has 132 valence electrons. The smallest absolute Gasteiger partial charge is 0.262 e. The number of ether oxygens (including phenoxy) is 2. The molecule has 0 bridgehead atoms. The fraction of sp³-hybridized carbons (Fsp3) is 0.350. The number of methoxy groups -OCH3 is 1. The molecule has 5 heteroatoms. The number of aryl methyl sites for hydroxylation is 1. The van der Waals surface area contributed by atoms with Crippen LogP contribution in [0.5, 0.6) is 11.5 Å². The van der Waals surface area contributed by atoms with Gasteiger partial charge in [-0.1, -0.05) is 23.8 Å². The number of rotatable bonds is 8. The van der Waals surface area contributed by atoms with Crippen molar-refractivity contribution >= 4 is 11.6 Å². The Hall–Kier alpha value is -2.53. The summed E-state index contributed by atoms with van der Waals surface area (Å²) in [6.45, 7) is 2.75. The summed E-state index contributed by atoms with van der Waals surface area (Å²) in [5.74, 6) is 1.00. The molecule has 0 heterocycles. The van der Waals surface area contributed by atoms with Crippen LogP contribution in [0.1, 0.15) is 24.0 Å². The zero-order valence-electron chi connectivity index (χ0n) is 14.7. The molecule has 1 aliphatic rings. The maximum absolute atomic E-state index is 12.0. The quantitative estimate of drug-likeness (QED) is 0.774. The van der Waals surface area contributed by atoms with Gasteiger partial charge in [-0.05, 0) is 49.6 Å². The fourth-order valence-electron chi connectivity index (χ4n) is 2.47. The van der Waals surface area contributed by atoms with Crippen LogP contribution in [-0.2, 0) is 11.3 Å². The van der Waals surface area contributed by atoms with E-state index in [9.17, 15) is 4.79 Å². The van der Waals surface area contributed by atoms with Gasteiger partial charge in [0.2, 0.25) is 0 Å². The van der Waals surface area contributed by atoms with Gasteiger partial charge < -0.3 is 20.1 Å². The van der Waals surface area contributed by atoms with Crippen LogP contribution in [0.4, 0.5) is 5.69 Å². The largest absolute Gasteiger partial charge is 0.493 e. The summed E-state index contributed by atoms with van der Waals surface area (Å²) >= 11 is 0. The van der Waals surface area contributed by atoms with Gasteiger partial charge in [-0.2, -0.15) is 0 Å². The Morgan fingerprint density at radius 1 is 1.12 bits per heavy atom. The molecule has 1 amide bonds. The average molecular weight is 340 g/mol. The number of amides is 1. The van der Waals surface area contributed by atoms with Gasteiger partial charge in [-0.25, -0.2) is 0 Å². The second kappa shape index (κ2) is 8.03. The number of anilines is 1. The summed E-state index contributed by atoms with van der Waals surface area (Å²) in [4.78, 5) is 12.0. The minimum atomic E-state index is -0.203. The first-order valence-corrected chi connectivity index (χ1v) is 8.53. The van der Waals surface area contributed by atoms with Gasteiger partial charge in [-0.15, -0.1) is 0 Å². The highest BCUT2D eigenvalue weighted by Crippen LogP contribution is 2.28. The molecule has 1 aliphatic carbocycles.